The fourth-order valence-corrected chi connectivity index (χ4v) is 5.35. The second kappa shape index (κ2) is 12.2. The van der Waals surface area contributed by atoms with E-state index in [1.807, 2.05) is 6.92 Å². The number of fused-ring (bicyclic) bond motifs is 1. The molecule has 0 unspecified atom stereocenters. The van der Waals surface area contributed by atoms with Gasteiger partial charge in [-0.1, -0.05) is 26.0 Å². The second-order valence-corrected chi connectivity index (χ2v) is 11.2. The zero-order chi connectivity index (χ0) is 28.9. The van der Waals surface area contributed by atoms with Crippen molar-refractivity contribution in [2.45, 2.75) is 39.2 Å². The Hall–Kier alpha value is -3.99. The lowest BCUT2D eigenvalue weighted by Gasteiger charge is -2.27. The molecule has 1 aliphatic heterocycles. The number of sulfone groups is 1. The van der Waals surface area contributed by atoms with Crippen LogP contribution in [0.4, 0.5) is 5.69 Å². The number of nitrogens with one attached hydrogen (secondary N) is 1. The number of benzene rings is 2. The largest absolute Gasteiger partial charge is 0.493 e. The topological polar surface area (TPSA) is 136 Å². The summed E-state index contributed by atoms with van der Waals surface area (Å²) in [5.74, 6) is -2.50. The maximum absolute atomic E-state index is 13.9. The Kier molecular flexibility index (Phi) is 9.28. The van der Waals surface area contributed by atoms with Crippen LogP contribution in [0.5, 0.6) is 11.5 Å². The predicted molar refractivity (Wildman–Crippen MR) is 146 cm³/mol. The number of ether oxygens (including phenoxy) is 2. The van der Waals surface area contributed by atoms with Gasteiger partial charge in [0.2, 0.25) is 5.91 Å². The van der Waals surface area contributed by atoms with Gasteiger partial charge in [0.05, 0.1) is 42.3 Å². The summed E-state index contributed by atoms with van der Waals surface area (Å²) >= 11 is 0. The van der Waals surface area contributed by atoms with Gasteiger partial charge in [-0.2, -0.15) is 0 Å². The number of rotatable bonds is 13. The number of carbonyl (C=O) groups excluding carboxylic acids is 4. The van der Waals surface area contributed by atoms with Crippen LogP contribution < -0.4 is 14.8 Å². The molecule has 2 aromatic carbocycles. The summed E-state index contributed by atoms with van der Waals surface area (Å²) in [6, 6.07) is 6.17. The first-order chi connectivity index (χ1) is 18.5. The maximum atomic E-state index is 13.9. The molecular formula is C28H32N2O8S. The Morgan fingerprint density at radius 2 is 1.77 bits per heavy atom. The van der Waals surface area contributed by atoms with Crippen LogP contribution in [0.25, 0.3) is 0 Å². The number of amides is 3. The Labute approximate surface area is 227 Å². The quantitative estimate of drug-likeness (QED) is 0.222. The third-order valence-electron chi connectivity index (χ3n) is 6.22. The van der Waals surface area contributed by atoms with Crippen LogP contribution in [-0.2, 0) is 14.6 Å². The molecule has 11 heteroatoms. The van der Waals surface area contributed by atoms with E-state index < -0.39 is 39.4 Å². The standard InChI is InChI=1S/C28H32N2O8S/c1-6-9-10-21(31)18-12-13-19(29-24(32)7-2)26-25(18)27(33)30(28(26)34)20(16-39(5,35)36)17-11-14-22(37-4)23(15-17)38-8-3/h7,11-15,20H,2,6,8-10,16H2,1,3-5H3,(H,29,32)/t20-/m1/s1. The minimum absolute atomic E-state index is 0.0191. The fourth-order valence-electron chi connectivity index (χ4n) is 4.43. The van der Waals surface area contributed by atoms with Gasteiger partial charge in [-0.05, 0) is 49.2 Å². The van der Waals surface area contributed by atoms with E-state index >= 15 is 0 Å². The van der Waals surface area contributed by atoms with Crippen LogP contribution in [-0.4, -0.2) is 62.5 Å². The molecule has 0 saturated heterocycles. The number of carbonyl (C=O) groups is 4. The van der Waals surface area contributed by atoms with E-state index in [0.29, 0.717) is 30.1 Å². The van der Waals surface area contributed by atoms with Gasteiger partial charge in [0.15, 0.2) is 17.3 Å². The van der Waals surface area contributed by atoms with Crippen molar-refractivity contribution >= 4 is 39.0 Å². The number of hydrogen-bond donors (Lipinski definition) is 1. The maximum Gasteiger partial charge on any atom is 0.264 e. The number of imide groups is 1. The lowest BCUT2D eigenvalue weighted by atomic mass is 9.95. The number of anilines is 1. The molecule has 39 heavy (non-hydrogen) atoms. The molecule has 0 aromatic heterocycles. The third kappa shape index (κ3) is 6.36. The van der Waals surface area contributed by atoms with Crippen molar-refractivity contribution in [2.75, 3.05) is 31.0 Å². The highest BCUT2D eigenvalue weighted by molar-refractivity contribution is 7.90. The average molecular weight is 557 g/mol. The van der Waals surface area contributed by atoms with Crippen molar-refractivity contribution in [3.63, 3.8) is 0 Å². The first-order valence-electron chi connectivity index (χ1n) is 12.5. The van der Waals surface area contributed by atoms with Crippen LogP contribution in [0.1, 0.15) is 75.8 Å². The Morgan fingerprint density at radius 1 is 1.08 bits per heavy atom. The normalized spacial score (nSPS) is 13.6. The molecule has 2 aromatic rings. The zero-order valence-corrected chi connectivity index (χ0v) is 23.2. The van der Waals surface area contributed by atoms with Gasteiger partial charge in [-0.3, -0.25) is 24.1 Å². The van der Waals surface area contributed by atoms with Gasteiger partial charge in [0.25, 0.3) is 11.8 Å². The molecule has 1 atom stereocenters. The molecule has 3 amide bonds. The number of ketones is 1. The Bertz CT molecular complexity index is 1430. The molecule has 0 spiro atoms. The van der Waals surface area contributed by atoms with Crippen LogP contribution >= 0.6 is 0 Å². The van der Waals surface area contributed by atoms with Crippen LogP contribution in [0, 0.1) is 0 Å². The molecule has 0 saturated carbocycles. The highest BCUT2D eigenvalue weighted by Gasteiger charge is 2.45. The van der Waals surface area contributed by atoms with Gasteiger partial charge in [0.1, 0.15) is 9.84 Å². The molecule has 1 N–H and O–H groups in total. The summed E-state index contributed by atoms with van der Waals surface area (Å²) < 4.78 is 36.0. The van der Waals surface area contributed by atoms with Crippen molar-refractivity contribution in [1.29, 1.82) is 0 Å². The van der Waals surface area contributed by atoms with E-state index in [1.165, 1.54) is 25.3 Å². The number of methoxy groups -OCH3 is 1. The molecule has 208 valence electrons. The zero-order valence-electron chi connectivity index (χ0n) is 22.4. The summed E-state index contributed by atoms with van der Waals surface area (Å²) in [6.07, 6.45) is 3.49. The fraction of sp³-hybridized carbons (Fsp3) is 0.357. The van der Waals surface area contributed by atoms with E-state index in [4.69, 9.17) is 9.47 Å². The van der Waals surface area contributed by atoms with Gasteiger partial charge in [0, 0.05) is 18.2 Å². The molecule has 0 fully saturated rings. The monoisotopic (exact) mass is 556 g/mol. The summed E-state index contributed by atoms with van der Waals surface area (Å²) in [6.45, 7) is 7.38. The van der Waals surface area contributed by atoms with Gasteiger partial charge in [-0.15, -0.1) is 0 Å². The molecule has 10 nitrogen and oxygen atoms in total. The molecular weight excluding hydrogens is 524 g/mol. The third-order valence-corrected chi connectivity index (χ3v) is 7.14. The minimum Gasteiger partial charge on any atom is -0.493 e. The smallest absolute Gasteiger partial charge is 0.264 e. The highest BCUT2D eigenvalue weighted by atomic mass is 32.2. The Morgan fingerprint density at radius 3 is 2.36 bits per heavy atom. The second-order valence-electron chi connectivity index (χ2n) is 9.06. The number of hydrogen-bond acceptors (Lipinski definition) is 8. The van der Waals surface area contributed by atoms with Crippen molar-refractivity contribution in [2.24, 2.45) is 0 Å². The molecule has 0 aliphatic carbocycles. The highest BCUT2D eigenvalue weighted by Crippen LogP contribution is 2.40. The molecule has 0 bridgehead atoms. The van der Waals surface area contributed by atoms with Crippen molar-refractivity contribution < 1.29 is 37.1 Å². The average Bonchev–Trinajstić information content (AvgIpc) is 3.16. The molecule has 3 rings (SSSR count). The molecule has 1 heterocycles. The van der Waals surface area contributed by atoms with E-state index in [9.17, 15) is 27.6 Å². The summed E-state index contributed by atoms with van der Waals surface area (Å²) in [7, 11) is -2.27. The lowest BCUT2D eigenvalue weighted by Crippen LogP contribution is -2.38. The van der Waals surface area contributed by atoms with Crippen LogP contribution in [0.2, 0.25) is 0 Å². The number of Topliss-reactive ketones (excluding diaryl/α,β-unsaturated/α-hetero) is 1. The van der Waals surface area contributed by atoms with E-state index in [-0.39, 0.29) is 34.6 Å². The van der Waals surface area contributed by atoms with Crippen molar-refractivity contribution in [3.05, 3.63) is 65.2 Å². The molecule has 1 aliphatic rings. The van der Waals surface area contributed by atoms with Crippen LogP contribution in [0.3, 0.4) is 0 Å². The van der Waals surface area contributed by atoms with Gasteiger partial charge < -0.3 is 14.8 Å². The van der Waals surface area contributed by atoms with E-state index in [1.54, 1.807) is 19.1 Å². The summed E-state index contributed by atoms with van der Waals surface area (Å²) in [5, 5.41) is 2.52. The number of nitrogens with zero attached hydrogens (tertiary/aromatic N) is 1. The lowest BCUT2D eigenvalue weighted by molar-refractivity contribution is -0.111. The predicted octanol–water partition coefficient (Wildman–Crippen LogP) is 3.97. The minimum atomic E-state index is -3.72. The van der Waals surface area contributed by atoms with E-state index in [0.717, 1.165) is 23.7 Å². The van der Waals surface area contributed by atoms with Gasteiger partial charge >= 0.3 is 0 Å². The van der Waals surface area contributed by atoms with E-state index in [2.05, 4.69) is 11.9 Å². The van der Waals surface area contributed by atoms with Gasteiger partial charge in [-0.25, -0.2) is 8.42 Å². The van der Waals surface area contributed by atoms with Crippen molar-refractivity contribution in [1.82, 2.24) is 4.90 Å². The van der Waals surface area contributed by atoms with Crippen LogP contribution in [0.15, 0.2) is 43.0 Å². The summed E-state index contributed by atoms with van der Waals surface area (Å²) in [4.78, 5) is 53.8. The summed E-state index contributed by atoms with van der Waals surface area (Å²) in [5.41, 5.74) is 0.0358. The molecule has 0 radical (unpaired) electrons. The number of unbranched alkanes of at least 4 members (excludes halogenated alkanes) is 1. The first kappa shape index (κ1) is 29.6. The SMILES string of the molecule is C=CC(=O)Nc1ccc(C(=O)CCCC)c2c1C(=O)N([C@H](CS(C)(=O)=O)c1ccc(OC)c(OCC)c1)C2=O. The first-order valence-corrected chi connectivity index (χ1v) is 14.5. The Balaban J connectivity index is 2.23. The van der Waals surface area contributed by atoms with Crippen molar-refractivity contribution in [3.8, 4) is 11.5 Å².